The maximum Gasteiger partial charge on any atom is 0.0686 e. The third-order valence-electron chi connectivity index (χ3n) is 3.40. The minimum atomic E-state index is -1.06. The highest BCUT2D eigenvalue weighted by molar-refractivity contribution is 6.81. The SMILES string of the molecule is C=CC/C(=C\[Si](C)(C)C)CCCCCCCCCC. The van der Waals surface area contributed by atoms with Crippen LogP contribution >= 0.6 is 0 Å². The van der Waals surface area contributed by atoms with Gasteiger partial charge < -0.3 is 0 Å². The van der Waals surface area contributed by atoms with Crippen molar-refractivity contribution < 1.29 is 0 Å². The van der Waals surface area contributed by atoms with Crippen molar-refractivity contribution >= 4 is 8.07 Å². The van der Waals surface area contributed by atoms with Crippen LogP contribution in [-0.2, 0) is 0 Å². The first-order valence-corrected chi connectivity index (χ1v) is 11.9. The van der Waals surface area contributed by atoms with E-state index in [-0.39, 0.29) is 0 Å². The van der Waals surface area contributed by atoms with Gasteiger partial charge in [-0.2, -0.15) is 0 Å². The summed E-state index contributed by atoms with van der Waals surface area (Å²) in [5.74, 6) is 0. The summed E-state index contributed by atoms with van der Waals surface area (Å²) in [6.07, 6.45) is 15.8. The standard InChI is InChI=1S/C18H36Si/c1-6-8-9-10-11-12-13-14-16-18(15-7-2)17-19(3,4)5/h7,17H,2,6,8-16H2,1,3-5H3/b18-17+. The minimum Gasteiger partial charge on any atom is -0.103 e. The molecule has 0 N–H and O–H groups in total. The lowest BCUT2D eigenvalue weighted by atomic mass is 10.0. The van der Waals surface area contributed by atoms with Crippen molar-refractivity contribution in [1.82, 2.24) is 0 Å². The molecule has 0 spiro atoms. The molecule has 0 aliphatic carbocycles. The average Bonchev–Trinajstić information content (AvgIpc) is 2.31. The number of allylic oxidation sites excluding steroid dienone is 2. The highest BCUT2D eigenvalue weighted by Gasteiger charge is 2.10. The summed E-state index contributed by atoms with van der Waals surface area (Å²) in [7, 11) is -1.06. The molecule has 0 saturated heterocycles. The molecule has 0 heterocycles. The Labute approximate surface area is 123 Å². The molecule has 0 fully saturated rings. The van der Waals surface area contributed by atoms with Crippen molar-refractivity contribution in [3.8, 4) is 0 Å². The van der Waals surface area contributed by atoms with Crippen LogP contribution in [-0.4, -0.2) is 8.07 Å². The van der Waals surface area contributed by atoms with Crippen LogP contribution in [0.4, 0.5) is 0 Å². The molecule has 1 heteroatoms. The molecule has 0 amide bonds. The van der Waals surface area contributed by atoms with Gasteiger partial charge in [-0.05, 0) is 19.3 Å². The van der Waals surface area contributed by atoms with Crippen molar-refractivity contribution in [2.45, 2.75) is 90.8 Å². The van der Waals surface area contributed by atoms with Crippen molar-refractivity contribution in [2.24, 2.45) is 0 Å². The number of hydrogen-bond donors (Lipinski definition) is 0. The normalized spacial score (nSPS) is 12.7. The first kappa shape index (κ1) is 18.7. The molecule has 0 aliphatic rings. The summed E-state index contributed by atoms with van der Waals surface area (Å²) < 4.78 is 0. The predicted molar refractivity (Wildman–Crippen MR) is 93.5 cm³/mol. The average molecular weight is 281 g/mol. The van der Waals surface area contributed by atoms with Gasteiger partial charge in [0.1, 0.15) is 0 Å². The van der Waals surface area contributed by atoms with Gasteiger partial charge in [0.2, 0.25) is 0 Å². The summed E-state index contributed by atoms with van der Waals surface area (Å²) in [5.41, 5.74) is 4.22. The maximum atomic E-state index is 3.89. The molecule has 19 heavy (non-hydrogen) atoms. The lowest BCUT2D eigenvalue weighted by molar-refractivity contribution is 0.574. The Bertz CT molecular complexity index is 245. The van der Waals surface area contributed by atoms with Gasteiger partial charge in [0.05, 0.1) is 8.07 Å². The monoisotopic (exact) mass is 280 g/mol. The van der Waals surface area contributed by atoms with E-state index in [1.54, 1.807) is 5.57 Å². The molecular formula is C18H36Si. The summed E-state index contributed by atoms with van der Waals surface area (Å²) in [6, 6.07) is 0. The minimum absolute atomic E-state index is 1.06. The Balaban J connectivity index is 3.71. The molecule has 0 unspecified atom stereocenters. The molecule has 0 aromatic carbocycles. The van der Waals surface area contributed by atoms with Gasteiger partial charge in [-0.25, -0.2) is 0 Å². The number of hydrogen-bond acceptors (Lipinski definition) is 0. The zero-order chi connectivity index (χ0) is 14.6. The molecule has 0 saturated carbocycles. The topological polar surface area (TPSA) is 0 Å². The maximum absolute atomic E-state index is 3.89. The summed E-state index contributed by atoms with van der Waals surface area (Å²) in [5, 5.41) is 0. The van der Waals surface area contributed by atoms with Crippen LogP contribution in [0.1, 0.15) is 71.1 Å². The van der Waals surface area contributed by atoms with E-state index in [2.05, 4.69) is 44.9 Å². The fourth-order valence-electron chi connectivity index (χ4n) is 2.52. The smallest absolute Gasteiger partial charge is 0.0686 e. The Morgan fingerprint density at radius 2 is 1.42 bits per heavy atom. The van der Waals surface area contributed by atoms with E-state index in [1.165, 1.54) is 57.8 Å². The van der Waals surface area contributed by atoms with Crippen LogP contribution in [0.5, 0.6) is 0 Å². The Hall–Kier alpha value is -0.303. The number of rotatable bonds is 12. The zero-order valence-corrected chi connectivity index (χ0v) is 14.9. The highest BCUT2D eigenvalue weighted by Crippen LogP contribution is 2.18. The van der Waals surface area contributed by atoms with Gasteiger partial charge in [0.15, 0.2) is 0 Å². The Morgan fingerprint density at radius 1 is 0.895 bits per heavy atom. The fourth-order valence-corrected chi connectivity index (χ4v) is 4.00. The van der Waals surface area contributed by atoms with Crippen molar-refractivity contribution in [1.29, 1.82) is 0 Å². The molecule has 0 bridgehead atoms. The molecule has 0 radical (unpaired) electrons. The van der Waals surface area contributed by atoms with Crippen LogP contribution in [0, 0.1) is 0 Å². The van der Waals surface area contributed by atoms with E-state index in [9.17, 15) is 0 Å². The van der Waals surface area contributed by atoms with Gasteiger partial charge in [-0.3, -0.25) is 0 Å². The van der Waals surface area contributed by atoms with Crippen LogP contribution in [0.2, 0.25) is 19.6 Å². The van der Waals surface area contributed by atoms with Gasteiger partial charge >= 0.3 is 0 Å². The Kier molecular flexibility index (Phi) is 11.3. The van der Waals surface area contributed by atoms with E-state index in [4.69, 9.17) is 0 Å². The van der Waals surface area contributed by atoms with Gasteiger partial charge in [-0.15, -0.1) is 6.58 Å². The molecule has 0 aliphatic heterocycles. The van der Waals surface area contributed by atoms with Crippen LogP contribution in [0.15, 0.2) is 23.9 Å². The van der Waals surface area contributed by atoms with Crippen LogP contribution in [0.3, 0.4) is 0 Å². The van der Waals surface area contributed by atoms with Crippen LogP contribution < -0.4 is 0 Å². The molecule has 0 nitrogen and oxygen atoms in total. The van der Waals surface area contributed by atoms with Gasteiger partial charge in [0, 0.05) is 0 Å². The van der Waals surface area contributed by atoms with Gasteiger partial charge in [0.25, 0.3) is 0 Å². The second kappa shape index (κ2) is 11.5. The first-order chi connectivity index (χ1) is 8.99. The second-order valence-corrected chi connectivity index (χ2v) is 11.9. The van der Waals surface area contributed by atoms with E-state index in [0.29, 0.717) is 0 Å². The van der Waals surface area contributed by atoms with Crippen molar-refractivity contribution in [3.63, 3.8) is 0 Å². The first-order valence-electron chi connectivity index (χ1n) is 8.31. The molecule has 0 rings (SSSR count). The zero-order valence-electron chi connectivity index (χ0n) is 13.9. The quantitative estimate of drug-likeness (QED) is 0.207. The van der Waals surface area contributed by atoms with E-state index in [1.807, 2.05) is 0 Å². The van der Waals surface area contributed by atoms with Crippen molar-refractivity contribution in [3.05, 3.63) is 23.9 Å². The lowest BCUT2D eigenvalue weighted by Gasteiger charge is -2.14. The number of unbranched alkanes of at least 4 members (excludes halogenated alkanes) is 7. The Morgan fingerprint density at radius 3 is 1.89 bits per heavy atom. The third-order valence-corrected chi connectivity index (χ3v) is 4.67. The molecular weight excluding hydrogens is 244 g/mol. The second-order valence-electron chi connectivity index (χ2n) is 6.89. The molecule has 0 atom stereocenters. The fraction of sp³-hybridized carbons (Fsp3) is 0.778. The summed E-state index contributed by atoms with van der Waals surface area (Å²) in [4.78, 5) is 0. The summed E-state index contributed by atoms with van der Waals surface area (Å²) in [6.45, 7) is 13.4. The third kappa shape index (κ3) is 13.9. The largest absolute Gasteiger partial charge is 0.103 e. The van der Waals surface area contributed by atoms with E-state index < -0.39 is 8.07 Å². The van der Waals surface area contributed by atoms with Gasteiger partial charge in [-0.1, -0.05) is 88.9 Å². The predicted octanol–water partition coefficient (Wildman–Crippen LogP) is 6.90. The highest BCUT2D eigenvalue weighted by atomic mass is 28.3. The molecule has 0 aromatic heterocycles. The van der Waals surface area contributed by atoms with Crippen molar-refractivity contribution in [2.75, 3.05) is 0 Å². The van der Waals surface area contributed by atoms with E-state index >= 15 is 0 Å². The molecule has 112 valence electrons. The summed E-state index contributed by atoms with van der Waals surface area (Å²) >= 11 is 0. The van der Waals surface area contributed by atoms with E-state index in [0.717, 1.165) is 6.42 Å². The molecule has 0 aromatic rings. The van der Waals surface area contributed by atoms with Crippen LogP contribution in [0.25, 0.3) is 0 Å². The lowest BCUT2D eigenvalue weighted by Crippen LogP contribution is -2.16.